The van der Waals surface area contributed by atoms with E-state index in [-0.39, 0.29) is 0 Å². The van der Waals surface area contributed by atoms with Crippen molar-refractivity contribution in [2.24, 2.45) is 5.73 Å². The third kappa shape index (κ3) is 2.94. The zero-order chi connectivity index (χ0) is 12.3. The highest BCUT2D eigenvalue weighted by molar-refractivity contribution is 9.10. The molecular formula is C13H15BrN2S. The molecule has 4 heteroatoms. The molecule has 1 unspecified atom stereocenters. The molecule has 0 amide bonds. The third-order valence-electron chi connectivity index (χ3n) is 2.79. The zero-order valence-electron chi connectivity index (χ0n) is 9.69. The first-order valence-corrected chi connectivity index (χ1v) is 7.33. The summed E-state index contributed by atoms with van der Waals surface area (Å²) in [4.78, 5) is 4.68. The third-order valence-corrected chi connectivity index (χ3v) is 4.19. The Morgan fingerprint density at radius 2 is 2.29 bits per heavy atom. The number of nitrogens with two attached hydrogens (primary N) is 1. The SMILES string of the molecule is CCC(CN)c1csc(-c2cccc(Br)c2)n1. The lowest BCUT2D eigenvalue weighted by molar-refractivity contribution is 0.659. The Balaban J connectivity index is 2.29. The van der Waals surface area contributed by atoms with Crippen LogP contribution in [0.2, 0.25) is 0 Å². The first-order chi connectivity index (χ1) is 8.24. The van der Waals surface area contributed by atoms with Crippen LogP contribution in [0.4, 0.5) is 0 Å². The number of rotatable bonds is 4. The minimum absolute atomic E-state index is 0.382. The van der Waals surface area contributed by atoms with E-state index in [4.69, 9.17) is 5.73 Å². The largest absolute Gasteiger partial charge is 0.330 e. The normalized spacial score (nSPS) is 12.6. The summed E-state index contributed by atoms with van der Waals surface area (Å²) in [6, 6.07) is 8.22. The van der Waals surface area contributed by atoms with Crippen LogP contribution >= 0.6 is 27.3 Å². The molecule has 2 nitrogen and oxygen atoms in total. The smallest absolute Gasteiger partial charge is 0.123 e. The fourth-order valence-corrected chi connectivity index (χ4v) is 3.02. The van der Waals surface area contributed by atoms with E-state index in [2.05, 4.69) is 45.4 Å². The second-order valence-electron chi connectivity index (χ2n) is 3.93. The maximum Gasteiger partial charge on any atom is 0.123 e. The minimum atomic E-state index is 0.382. The Hall–Kier alpha value is -0.710. The summed E-state index contributed by atoms with van der Waals surface area (Å²) in [6.45, 7) is 2.81. The molecule has 90 valence electrons. The van der Waals surface area contributed by atoms with E-state index < -0.39 is 0 Å². The van der Waals surface area contributed by atoms with Crippen LogP contribution in [0.3, 0.4) is 0 Å². The minimum Gasteiger partial charge on any atom is -0.330 e. The number of benzene rings is 1. The van der Waals surface area contributed by atoms with Crippen LogP contribution in [-0.4, -0.2) is 11.5 Å². The monoisotopic (exact) mass is 310 g/mol. The highest BCUT2D eigenvalue weighted by Crippen LogP contribution is 2.29. The lowest BCUT2D eigenvalue weighted by atomic mass is 10.0. The molecule has 17 heavy (non-hydrogen) atoms. The van der Waals surface area contributed by atoms with Gasteiger partial charge in [0.15, 0.2) is 0 Å². The summed E-state index contributed by atoms with van der Waals surface area (Å²) >= 11 is 5.16. The predicted octanol–water partition coefficient (Wildman–Crippen LogP) is 4.02. The van der Waals surface area contributed by atoms with Gasteiger partial charge in [0, 0.05) is 27.9 Å². The van der Waals surface area contributed by atoms with Crippen molar-refractivity contribution in [3.63, 3.8) is 0 Å². The van der Waals surface area contributed by atoms with Crippen LogP contribution < -0.4 is 5.73 Å². The Morgan fingerprint density at radius 1 is 1.47 bits per heavy atom. The van der Waals surface area contributed by atoms with E-state index in [0.29, 0.717) is 12.5 Å². The van der Waals surface area contributed by atoms with Crippen molar-refractivity contribution in [2.45, 2.75) is 19.3 Å². The van der Waals surface area contributed by atoms with Gasteiger partial charge < -0.3 is 5.73 Å². The molecule has 0 aliphatic heterocycles. The Kier molecular flexibility index (Phi) is 4.31. The number of thiazole rings is 1. The van der Waals surface area contributed by atoms with Crippen LogP contribution in [0.15, 0.2) is 34.1 Å². The van der Waals surface area contributed by atoms with Crippen molar-refractivity contribution < 1.29 is 0 Å². The highest BCUT2D eigenvalue weighted by Gasteiger charge is 2.12. The van der Waals surface area contributed by atoms with Gasteiger partial charge in [-0.15, -0.1) is 11.3 Å². The van der Waals surface area contributed by atoms with Crippen LogP contribution in [0.1, 0.15) is 25.0 Å². The molecule has 0 bridgehead atoms. The quantitative estimate of drug-likeness (QED) is 0.926. The van der Waals surface area contributed by atoms with E-state index in [0.717, 1.165) is 27.2 Å². The van der Waals surface area contributed by atoms with Gasteiger partial charge in [0.05, 0.1) is 5.69 Å². The average molecular weight is 311 g/mol. The van der Waals surface area contributed by atoms with Gasteiger partial charge in [-0.25, -0.2) is 4.98 Å². The van der Waals surface area contributed by atoms with E-state index in [1.165, 1.54) is 0 Å². The van der Waals surface area contributed by atoms with Crippen LogP contribution in [0.5, 0.6) is 0 Å². The van der Waals surface area contributed by atoms with Crippen LogP contribution in [-0.2, 0) is 0 Å². The predicted molar refractivity (Wildman–Crippen MR) is 77.3 cm³/mol. The Morgan fingerprint density at radius 3 is 2.94 bits per heavy atom. The summed E-state index contributed by atoms with van der Waals surface area (Å²) in [6.07, 6.45) is 1.04. The Labute approximate surface area is 114 Å². The van der Waals surface area contributed by atoms with Gasteiger partial charge in [-0.2, -0.15) is 0 Å². The number of halogens is 1. The Bertz CT molecular complexity index is 492. The van der Waals surface area contributed by atoms with Crippen molar-refractivity contribution in [3.05, 3.63) is 39.8 Å². The van der Waals surface area contributed by atoms with E-state index >= 15 is 0 Å². The molecule has 1 heterocycles. The van der Waals surface area contributed by atoms with Crippen molar-refractivity contribution in [1.29, 1.82) is 0 Å². The first kappa shape index (κ1) is 12.7. The van der Waals surface area contributed by atoms with E-state index in [1.807, 2.05) is 12.1 Å². The van der Waals surface area contributed by atoms with Gasteiger partial charge in [-0.1, -0.05) is 35.0 Å². The molecule has 0 fully saturated rings. The molecule has 0 spiro atoms. The number of hydrogen-bond acceptors (Lipinski definition) is 3. The maximum atomic E-state index is 5.74. The average Bonchev–Trinajstić information content (AvgIpc) is 2.80. The lowest BCUT2D eigenvalue weighted by Gasteiger charge is -2.07. The molecule has 2 aromatic rings. The van der Waals surface area contributed by atoms with Crippen LogP contribution in [0.25, 0.3) is 10.6 Å². The highest BCUT2D eigenvalue weighted by atomic mass is 79.9. The number of nitrogens with zero attached hydrogens (tertiary/aromatic N) is 1. The molecule has 2 rings (SSSR count). The van der Waals surface area contributed by atoms with Gasteiger partial charge in [0.25, 0.3) is 0 Å². The molecular weight excluding hydrogens is 296 g/mol. The van der Waals surface area contributed by atoms with Crippen molar-refractivity contribution in [3.8, 4) is 10.6 Å². The van der Waals surface area contributed by atoms with E-state index in [9.17, 15) is 0 Å². The molecule has 1 atom stereocenters. The topological polar surface area (TPSA) is 38.9 Å². The van der Waals surface area contributed by atoms with Gasteiger partial charge in [-0.3, -0.25) is 0 Å². The zero-order valence-corrected chi connectivity index (χ0v) is 12.1. The molecule has 1 aromatic carbocycles. The second kappa shape index (κ2) is 5.76. The van der Waals surface area contributed by atoms with Gasteiger partial charge in [-0.05, 0) is 18.6 Å². The summed E-state index contributed by atoms with van der Waals surface area (Å²) in [5.74, 6) is 0.382. The van der Waals surface area contributed by atoms with Crippen molar-refractivity contribution in [2.75, 3.05) is 6.54 Å². The summed E-state index contributed by atoms with van der Waals surface area (Å²) < 4.78 is 1.08. The standard InChI is InChI=1S/C13H15BrN2S/c1-2-9(7-15)12-8-17-13(16-12)10-4-3-5-11(14)6-10/h3-6,8-9H,2,7,15H2,1H3. The van der Waals surface area contributed by atoms with Crippen molar-refractivity contribution in [1.82, 2.24) is 4.98 Å². The molecule has 0 saturated carbocycles. The fraction of sp³-hybridized carbons (Fsp3) is 0.308. The lowest BCUT2D eigenvalue weighted by Crippen LogP contribution is -2.11. The van der Waals surface area contributed by atoms with Gasteiger partial charge in [0.1, 0.15) is 5.01 Å². The van der Waals surface area contributed by atoms with Gasteiger partial charge in [0.2, 0.25) is 0 Å². The molecule has 2 N–H and O–H groups in total. The summed E-state index contributed by atoms with van der Waals surface area (Å²) in [5, 5.41) is 3.19. The maximum absolute atomic E-state index is 5.74. The molecule has 0 aliphatic rings. The number of aromatic nitrogens is 1. The fourth-order valence-electron chi connectivity index (χ4n) is 1.72. The summed E-state index contributed by atoms with van der Waals surface area (Å²) in [7, 11) is 0. The molecule has 1 aromatic heterocycles. The number of hydrogen-bond donors (Lipinski definition) is 1. The molecule has 0 saturated heterocycles. The van der Waals surface area contributed by atoms with Crippen LogP contribution in [0, 0.1) is 0 Å². The van der Waals surface area contributed by atoms with Crippen molar-refractivity contribution >= 4 is 27.3 Å². The first-order valence-electron chi connectivity index (χ1n) is 5.66. The molecule has 0 radical (unpaired) electrons. The molecule has 0 aliphatic carbocycles. The second-order valence-corrected chi connectivity index (χ2v) is 5.70. The van der Waals surface area contributed by atoms with Gasteiger partial charge >= 0.3 is 0 Å². The summed E-state index contributed by atoms with van der Waals surface area (Å²) in [5.41, 5.74) is 8.02. The van der Waals surface area contributed by atoms with E-state index in [1.54, 1.807) is 11.3 Å².